The quantitative estimate of drug-likeness (QED) is 0.428. The zero-order valence-corrected chi connectivity index (χ0v) is 8.34. The first-order valence-electron chi connectivity index (χ1n) is 4.32. The second-order valence-electron chi connectivity index (χ2n) is 3.10. The Labute approximate surface area is 86.0 Å². The maximum Gasteiger partial charge on any atom is 0.378 e. The van der Waals surface area contributed by atoms with E-state index < -0.39 is 10.7 Å². The van der Waals surface area contributed by atoms with E-state index in [0.717, 1.165) is 0 Å². The Bertz CT molecular complexity index is 390. The highest BCUT2D eigenvalue weighted by molar-refractivity contribution is 5.80. The lowest BCUT2D eigenvalue weighted by atomic mass is 10.3. The molecule has 6 nitrogen and oxygen atoms in total. The van der Waals surface area contributed by atoms with Crippen LogP contribution in [0.4, 0.5) is 5.82 Å². The summed E-state index contributed by atoms with van der Waals surface area (Å²) in [6.07, 6.45) is 0.267. The molecule has 1 rings (SSSR count). The molecule has 0 radical (unpaired) electrons. The summed E-state index contributed by atoms with van der Waals surface area (Å²) in [5.74, 6) is -0.342. The number of nitrogens with zero attached hydrogens (tertiary/aromatic N) is 2. The van der Waals surface area contributed by atoms with Gasteiger partial charge in [-0.1, -0.05) is 0 Å². The van der Waals surface area contributed by atoms with Gasteiger partial charge in [0.2, 0.25) is 0 Å². The number of rotatable bonds is 4. The maximum atomic E-state index is 10.5. The van der Waals surface area contributed by atoms with E-state index >= 15 is 0 Å². The van der Waals surface area contributed by atoms with Crippen molar-refractivity contribution in [2.75, 3.05) is 0 Å². The minimum atomic E-state index is -0.711. The first kappa shape index (κ1) is 11.1. The maximum absolute atomic E-state index is 10.5. The molecule has 0 aromatic carbocycles. The van der Waals surface area contributed by atoms with Gasteiger partial charge in [-0.2, -0.15) is 0 Å². The molecule has 0 spiro atoms. The van der Waals surface area contributed by atoms with Gasteiger partial charge in [0, 0.05) is 11.1 Å². The van der Waals surface area contributed by atoms with Crippen LogP contribution in [-0.4, -0.2) is 22.3 Å². The van der Waals surface area contributed by atoms with Crippen LogP contribution in [0.5, 0.6) is 5.88 Å². The van der Waals surface area contributed by atoms with Crippen LogP contribution < -0.4 is 4.74 Å². The topological polar surface area (TPSA) is 82.3 Å². The van der Waals surface area contributed by atoms with Crippen molar-refractivity contribution in [3.63, 3.8) is 0 Å². The van der Waals surface area contributed by atoms with E-state index in [-0.39, 0.29) is 17.5 Å². The van der Waals surface area contributed by atoms with Crippen molar-refractivity contribution in [3.05, 3.63) is 27.8 Å². The minimum Gasteiger partial charge on any atom is -0.457 e. The smallest absolute Gasteiger partial charge is 0.378 e. The zero-order chi connectivity index (χ0) is 11.4. The van der Waals surface area contributed by atoms with E-state index in [9.17, 15) is 14.9 Å². The molecule has 0 atom stereocenters. The summed E-state index contributed by atoms with van der Waals surface area (Å²) in [6, 6.07) is 2.74. The lowest BCUT2D eigenvalue weighted by Crippen LogP contribution is -2.08. The second kappa shape index (κ2) is 4.50. The molecule has 0 aliphatic rings. The first-order valence-corrected chi connectivity index (χ1v) is 4.32. The third-order valence-electron chi connectivity index (χ3n) is 1.54. The van der Waals surface area contributed by atoms with Crippen LogP contribution >= 0.6 is 0 Å². The Kier molecular flexibility index (Phi) is 3.33. The summed E-state index contributed by atoms with van der Waals surface area (Å²) in [7, 11) is 0. The van der Waals surface area contributed by atoms with E-state index in [1.807, 2.05) is 0 Å². The van der Waals surface area contributed by atoms with Gasteiger partial charge in [0.05, 0.1) is 6.10 Å². The summed E-state index contributed by atoms with van der Waals surface area (Å²) in [4.78, 5) is 23.9. The molecule has 0 unspecified atom stereocenters. The van der Waals surface area contributed by atoms with E-state index in [0.29, 0.717) is 6.29 Å². The van der Waals surface area contributed by atoms with Gasteiger partial charge in [0.25, 0.3) is 0 Å². The monoisotopic (exact) mass is 210 g/mol. The summed E-state index contributed by atoms with van der Waals surface area (Å²) in [5.41, 5.74) is -0.0592. The molecule has 0 N–H and O–H groups in total. The van der Waals surface area contributed by atoms with E-state index in [4.69, 9.17) is 4.74 Å². The van der Waals surface area contributed by atoms with Gasteiger partial charge in [-0.3, -0.25) is 4.79 Å². The highest BCUT2D eigenvalue weighted by Gasteiger charge is 2.18. The van der Waals surface area contributed by atoms with Crippen LogP contribution in [0.25, 0.3) is 0 Å². The number of carbonyl (C=O) groups is 1. The van der Waals surface area contributed by atoms with Gasteiger partial charge in [-0.25, -0.2) is 0 Å². The fraction of sp³-hybridized carbons (Fsp3) is 0.333. The zero-order valence-electron chi connectivity index (χ0n) is 8.34. The third kappa shape index (κ3) is 2.73. The average molecular weight is 210 g/mol. The molecule has 0 aliphatic carbocycles. The second-order valence-corrected chi connectivity index (χ2v) is 3.10. The highest BCUT2D eigenvalue weighted by atomic mass is 16.6. The Hall–Kier alpha value is -1.98. The average Bonchev–Trinajstić information content (AvgIpc) is 2.16. The Morgan fingerprint density at radius 1 is 1.53 bits per heavy atom. The Morgan fingerprint density at radius 3 is 2.67 bits per heavy atom. The predicted octanol–water partition coefficient (Wildman–Crippen LogP) is 1.59. The molecule has 1 aromatic heterocycles. The van der Waals surface area contributed by atoms with E-state index in [2.05, 4.69) is 4.98 Å². The molecule has 1 heterocycles. The van der Waals surface area contributed by atoms with Crippen LogP contribution in [0.1, 0.15) is 24.2 Å². The molecule has 0 saturated carbocycles. The number of carbonyl (C=O) groups excluding carboxylic acids is 1. The molecule has 1 aromatic rings. The third-order valence-corrected chi connectivity index (χ3v) is 1.54. The summed E-state index contributed by atoms with van der Waals surface area (Å²) in [5, 5.41) is 10.5. The SMILES string of the molecule is CC(C)Oc1ccc(C=O)c([N+](=O)[O-])n1. The molecule has 6 heteroatoms. The number of hydrogen-bond acceptors (Lipinski definition) is 5. The molecule has 0 amide bonds. The lowest BCUT2D eigenvalue weighted by molar-refractivity contribution is -0.389. The van der Waals surface area contributed by atoms with Gasteiger partial charge in [-0.05, 0) is 24.8 Å². The molecule has 15 heavy (non-hydrogen) atoms. The normalized spacial score (nSPS) is 10.1. The van der Waals surface area contributed by atoms with Gasteiger partial charge >= 0.3 is 11.7 Å². The van der Waals surface area contributed by atoms with Gasteiger partial charge in [0.1, 0.15) is 5.56 Å². The number of pyridine rings is 1. The number of nitro groups is 1. The molecule has 0 bridgehead atoms. The Balaban J connectivity index is 3.10. The number of aldehydes is 1. The van der Waals surface area contributed by atoms with E-state index in [1.165, 1.54) is 12.1 Å². The van der Waals surface area contributed by atoms with Crippen molar-refractivity contribution >= 4 is 12.1 Å². The van der Waals surface area contributed by atoms with Crippen molar-refractivity contribution in [2.45, 2.75) is 20.0 Å². The summed E-state index contributed by atoms with van der Waals surface area (Å²) in [6.45, 7) is 3.56. The molecule has 0 fully saturated rings. The Morgan fingerprint density at radius 2 is 2.20 bits per heavy atom. The summed E-state index contributed by atoms with van der Waals surface area (Å²) < 4.78 is 5.17. The van der Waals surface area contributed by atoms with Gasteiger partial charge in [0.15, 0.2) is 6.29 Å². The van der Waals surface area contributed by atoms with E-state index in [1.54, 1.807) is 13.8 Å². The van der Waals surface area contributed by atoms with Crippen molar-refractivity contribution in [1.29, 1.82) is 0 Å². The van der Waals surface area contributed by atoms with Gasteiger partial charge < -0.3 is 14.9 Å². The van der Waals surface area contributed by atoms with Crippen molar-refractivity contribution in [3.8, 4) is 5.88 Å². The lowest BCUT2D eigenvalue weighted by Gasteiger charge is -2.05. The predicted molar refractivity (Wildman–Crippen MR) is 52.0 cm³/mol. The largest absolute Gasteiger partial charge is 0.457 e. The fourth-order valence-electron chi connectivity index (χ4n) is 0.987. The van der Waals surface area contributed by atoms with Crippen molar-refractivity contribution in [2.24, 2.45) is 0 Å². The highest BCUT2D eigenvalue weighted by Crippen LogP contribution is 2.18. The molecule has 80 valence electrons. The van der Waals surface area contributed by atoms with Crippen molar-refractivity contribution in [1.82, 2.24) is 4.98 Å². The van der Waals surface area contributed by atoms with Crippen LogP contribution in [0.3, 0.4) is 0 Å². The van der Waals surface area contributed by atoms with Crippen molar-refractivity contribution < 1.29 is 14.5 Å². The van der Waals surface area contributed by atoms with Gasteiger partial charge in [-0.15, -0.1) is 0 Å². The fourth-order valence-corrected chi connectivity index (χ4v) is 0.987. The minimum absolute atomic E-state index is 0.0592. The number of aromatic nitrogens is 1. The summed E-state index contributed by atoms with van der Waals surface area (Å²) >= 11 is 0. The number of ether oxygens (including phenoxy) is 1. The van der Waals surface area contributed by atoms with Crippen LogP contribution in [-0.2, 0) is 0 Å². The van der Waals surface area contributed by atoms with Crippen LogP contribution in [0, 0.1) is 10.1 Å². The molecular weight excluding hydrogens is 200 g/mol. The first-order chi connectivity index (χ1) is 7.04. The van der Waals surface area contributed by atoms with Crippen LogP contribution in [0.15, 0.2) is 12.1 Å². The molecular formula is C9H10N2O4. The molecule has 0 aliphatic heterocycles. The molecule has 0 saturated heterocycles. The standard InChI is InChI=1S/C9H10N2O4/c1-6(2)15-8-4-3-7(5-12)9(10-8)11(13)14/h3-6H,1-2H3. The van der Waals surface area contributed by atoms with Crippen LogP contribution in [0.2, 0.25) is 0 Å². The number of hydrogen-bond donors (Lipinski definition) is 0.